The van der Waals surface area contributed by atoms with Crippen LogP contribution in [0, 0.1) is 29.6 Å². The molecule has 0 spiro atoms. The average Bonchev–Trinajstić information content (AvgIpc) is 2.70. The van der Waals surface area contributed by atoms with Crippen LogP contribution >= 0.6 is 0 Å². The molecule has 0 saturated heterocycles. The summed E-state index contributed by atoms with van der Waals surface area (Å²) in [5.74, 6) is -0.704. The van der Waals surface area contributed by atoms with Crippen LogP contribution in [0.1, 0.15) is 35.3 Å². The van der Waals surface area contributed by atoms with E-state index < -0.39 is 34.5 Å². The van der Waals surface area contributed by atoms with Crippen molar-refractivity contribution in [2.45, 2.75) is 24.8 Å². The van der Waals surface area contributed by atoms with Gasteiger partial charge in [0, 0.05) is 6.20 Å². The van der Waals surface area contributed by atoms with Crippen molar-refractivity contribution in [2.24, 2.45) is 0 Å². The number of sulfonamides is 1. The predicted octanol–water partition coefficient (Wildman–Crippen LogP) is 1.55. The van der Waals surface area contributed by atoms with Crippen molar-refractivity contribution < 1.29 is 18.0 Å². The van der Waals surface area contributed by atoms with Crippen LogP contribution in [-0.4, -0.2) is 36.2 Å². The highest BCUT2D eigenvalue weighted by atomic mass is 32.2. The van der Waals surface area contributed by atoms with E-state index in [-0.39, 0.29) is 21.8 Å². The van der Waals surface area contributed by atoms with Crippen molar-refractivity contribution in [2.75, 3.05) is 11.9 Å². The smallest absolute Gasteiger partial charge is 0.336 e. The molecular weight excluding hydrogens is 408 g/mol. The molecule has 1 aromatic heterocycles. The van der Waals surface area contributed by atoms with Gasteiger partial charge in [0.1, 0.15) is 23.2 Å². The van der Waals surface area contributed by atoms with Crippen molar-refractivity contribution >= 4 is 27.6 Å². The molecule has 0 fully saturated rings. The number of pyridine rings is 1. The van der Waals surface area contributed by atoms with Crippen molar-refractivity contribution in [3.8, 4) is 12.1 Å². The second-order valence-corrected chi connectivity index (χ2v) is 8.42. The third-order valence-corrected chi connectivity index (χ3v) is 6.31. The van der Waals surface area contributed by atoms with Crippen LogP contribution in [-0.2, 0) is 14.8 Å². The minimum Gasteiger partial charge on any atom is -0.348 e. The average molecular weight is 424 g/mol. The number of rotatable bonds is 4. The van der Waals surface area contributed by atoms with Crippen molar-refractivity contribution in [1.82, 2.24) is 14.6 Å². The maximum atomic E-state index is 12.8. The van der Waals surface area contributed by atoms with Gasteiger partial charge in [-0.05, 0) is 49.2 Å². The highest BCUT2D eigenvalue weighted by Crippen LogP contribution is 2.30. The number of benzene rings is 1. The van der Waals surface area contributed by atoms with Crippen molar-refractivity contribution in [3.63, 3.8) is 0 Å². The molecule has 2 aromatic rings. The molecule has 0 aliphatic carbocycles. The summed E-state index contributed by atoms with van der Waals surface area (Å²) in [5, 5.41) is 22.9. The van der Waals surface area contributed by atoms with E-state index in [1.165, 1.54) is 18.3 Å². The van der Waals surface area contributed by atoms with Gasteiger partial charge >= 0.3 is 6.03 Å². The first-order valence-corrected chi connectivity index (χ1v) is 10.1. The first-order chi connectivity index (χ1) is 14.2. The van der Waals surface area contributed by atoms with Crippen LogP contribution in [0.15, 0.2) is 35.4 Å². The van der Waals surface area contributed by atoms with E-state index in [9.17, 15) is 18.0 Å². The van der Waals surface area contributed by atoms with Crippen LogP contribution in [0.5, 0.6) is 0 Å². The summed E-state index contributed by atoms with van der Waals surface area (Å²) in [6, 6.07) is 7.68. The van der Waals surface area contributed by atoms with Gasteiger partial charge in [-0.3, -0.25) is 4.79 Å². The molecule has 1 atom stereocenters. The fraction of sp³-hybridized carbons (Fsp3) is 0.211. The van der Waals surface area contributed by atoms with E-state index in [0.29, 0.717) is 9.87 Å². The summed E-state index contributed by atoms with van der Waals surface area (Å²) in [4.78, 5) is 28.5. The molecule has 0 bridgehead atoms. The van der Waals surface area contributed by atoms with Gasteiger partial charge in [0.25, 0.3) is 10.0 Å². The van der Waals surface area contributed by atoms with Crippen LogP contribution < -0.4 is 10.6 Å². The lowest BCUT2D eigenvalue weighted by Gasteiger charge is -2.28. The number of amides is 3. The molecule has 0 saturated carbocycles. The molecule has 1 aliphatic heterocycles. The predicted molar refractivity (Wildman–Crippen MR) is 104 cm³/mol. The Bertz CT molecular complexity index is 1240. The summed E-state index contributed by atoms with van der Waals surface area (Å²) in [6.45, 7) is 2.69. The normalized spacial score (nSPS) is 15.2. The highest BCUT2D eigenvalue weighted by molar-refractivity contribution is 7.90. The standard InChI is InChI=1S/C19H16N6O4S/c1-11-5-14(8-21)22-9-15(11)12(2)23-18(26)10-25-19(27)24-16-4-3-13(7-20)6-17(16)30(25,28)29/h3-6,9,12H,10H2,1-2H3,(H,23,26)(H,24,27)/t12-/m1/s1. The van der Waals surface area contributed by atoms with E-state index in [2.05, 4.69) is 15.6 Å². The van der Waals surface area contributed by atoms with Crippen molar-refractivity contribution in [1.29, 1.82) is 10.5 Å². The number of aromatic nitrogens is 1. The largest absolute Gasteiger partial charge is 0.348 e. The summed E-state index contributed by atoms with van der Waals surface area (Å²) >= 11 is 0. The molecule has 10 nitrogen and oxygen atoms in total. The van der Waals surface area contributed by atoms with Crippen LogP contribution in [0.2, 0.25) is 0 Å². The van der Waals surface area contributed by atoms with Gasteiger partial charge in [0.2, 0.25) is 5.91 Å². The fourth-order valence-electron chi connectivity index (χ4n) is 3.05. The number of nitriles is 2. The molecule has 2 N–H and O–H groups in total. The molecule has 3 amide bonds. The minimum atomic E-state index is -4.32. The summed E-state index contributed by atoms with van der Waals surface area (Å²) in [7, 11) is -4.32. The van der Waals surface area contributed by atoms with Crippen LogP contribution in [0.25, 0.3) is 0 Å². The maximum absolute atomic E-state index is 12.8. The zero-order chi connectivity index (χ0) is 22.1. The fourth-order valence-corrected chi connectivity index (χ4v) is 4.51. The number of nitrogens with one attached hydrogen (secondary N) is 2. The quantitative estimate of drug-likeness (QED) is 0.754. The third kappa shape index (κ3) is 3.79. The molecule has 11 heteroatoms. The number of hydrogen-bond acceptors (Lipinski definition) is 7. The number of aryl methyl sites for hydroxylation is 1. The van der Waals surface area contributed by atoms with E-state index in [1.54, 1.807) is 19.9 Å². The second kappa shape index (κ2) is 7.81. The number of urea groups is 1. The molecule has 2 heterocycles. The van der Waals surface area contributed by atoms with Gasteiger partial charge in [-0.1, -0.05) is 0 Å². The maximum Gasteiger partial charge on any atom is 0.336 e. The highest BCUT2D eigenvalue weighted by Gasteiger charge is 2.38. The Kier molecular flexibility index (Phi) is 5.41. The number of carbonyl (C=O) groups excluding carboxylic acids is 2. The Balaban J connectivity index is 1.80. The van der Waals surface area contributed by atoms with Crippen LogP contribution in [0.4, 0.5) is 10.5 Å². The number of fused-ring (bicyclic) bond motifs is 1. The SMILES string of the molecule is Cc1cc(C#N)ncc1[C@@H](C)NC(=O)CN1C(=O)Nc2ccc(C#N)cc2S1(=O)=O. The Hall–Kier alpha value is -3.96. The molecule has 30 heavy (non-hydrogen) atoms. The third-order valence-electron chi connectivity index (χ3n) is 4.54. The Morgan fingerprint density at radius 1 is 1.30 bits per heavy atom. The Labute approximate surface area is 172 Å². The zero-order valence-electron chi connectivity index (χ0n) is 16.0. The molecule has 0 unspecified atom stereocenters. The van der Waals surface area contributed by atoms with Gasteiger partial charge in [0.15, 0.2) is 0 Å². The molecule has 152 valence electrons. The minimum absolute atomic E-state index is 0.0447. The first kappa shape index (κ1) is 20.8. The summed E-state index contributed by atoms with van der Waals surface area (Å²) in [6.07, 6.45) is 1.46. The number of nitrogens with zero attached hydrogens (tertiary/aromatic N) is 4. The topological polar surface area (TPSA) is 156 Å². The Morgan fingerprint density at radius 3 is 2.67 bits per heavy atom. The van der Waals surface area contributed by atoms with Crippen LogP contribution in [0.3, 0.4) is 0 Å². The van der Waals surface area contributed by atoms with Gasteiger partial charge in [-0.25, -0.2) is 22.5 Å². The van der Waals surface area contributed by atoms with Gasteiger partial charge in [-0.2, -0.15) is 10.5 Å². The summed E-state index contributed by atoms with van der Waals surface area (Å²) in [5.41, 5.74) is 1.77. The van der Waals surface area contributed by atoms with E-state index >= 15 is 0 Å². The number of anilines is 1. The first-order valence-electron chi connectivity index (χ1n) is 8.71. The van der Waals surface area contributed by atoms with E-state index in [4.69, 9.17) is 10.5 Å². The monoisotopic (exact) mass is 424 g/mol. The molecular formula is C19H16N6O4S. The second-order valence-electron chi connectivity index (χ2n) is 6.59. The van der Waals surface area contributed by atoms with Crippen molar-refractivity contribution in [3.05, 3.63) is 52.8 Å². The Morgan fingerprint density at radius 2 is 2.03 bits per heavy atom. The molecule has 3 rings (SSSR count). The van der Waals surface area contributed by atoms with E-state index in [1.807, 2.05) is 12.1 Å². The number of hydrogen-bond donors (Lipinski definition) is 2. The van der Waals surface area contributed by atoms with Gasteiger partial charge < -0.3 is 10.6 Å². The van der Waals surface area contributed by atoms with Gasteiger partial charge in [0.05, 0.1) is 23.4 Å². The van der Waals surface area contributed by atoms with Gasteiger partial charge in [-0.15, -0.1) is 0 Å². The lowest BCUT2D eigenvalue weighted by Crippen LogP contribution is -2.49. The lowest BCUT2D eigenvalue weighted by molar-refractivity contribution is -0.121. The summed E-state index contributed by atoms with van der Waals surface area (Å²) < 4.78 is 26.1. The lowest BCUT2D eigenvalue weighted by atomic mass is 10.0. The number of carbonyl (C=O) groups is 2. The molecule has 1 aromatic carbocycles. The van der Waals surface area contributed by atoms with E-state index in [0.717, 1.165) is 11.6 Å². The zero-order valence-corrected chi connectivity index (χ0v) is 16.8. The molecule has 0 radical (unpaired) electrons. The molecule has 1 aliphatic rings.